The van der Waals surface area contributed by atoms with E-state index in [0.29, 0.717) is 16.8 Å². The number of pyridine rings is 1. The summed E-state index contributed by atoms with van der Waals surface area (Å²) in [5.74, 6) is 0.392. The third-order valence-electron chi connectivity index (χ3n) is 6.65. The van der Waals surface area contributed by atoms with Crippen LogP contribution in [0.4, 0.5) is 14.6 Å². The Balaban J connectivity index is 0.00000253. The molecule has 0 aliphatic heterocycles. The Labute approximate surface area is 208 Å². The second-order valence-electron chi connectivity index (χ2n) is 9.24. The van der Waals surface area contributed by atoms with Gasteiger partial charge in [-0.3, -0.25) is 4.98 Å². The average Bonchev–Trinajstić information content (AvgIpc) is 3.42. The molecule has 9 heteroatoms. The van der Waals surface area contributed by atoms with E-state index in [4.69, 9.17) is 4.98 Å². The van der Waals surface area contributed by atoms with Crippen molar-refractivity contribution >= 4 is 35.9 Å². The van der Waals surface area contributed by atoms with E-state index < -0.39 is 5.82 Å². The van der Waals surface area contributed by atoms with Crippen molar-refractivity contribution in [2.75, 3.05) is 5.32 Å². The topological polar surface area (TPSA) is 70.9 Å². The monoisotopic (exact) mass is 492 g/mol. The van der Waals surface area contributed by atoms with Crippen molar-refractivity contribution in [3.8, 4) is 11.3 Å². The molecule has 0 unspecified atom stereocenters. The molecule has 0 fully saturated rings. The number of halogens is 2. The van der Waals surface area contributed by atoms with Crippen molar-refractivity contribution in [1.82, 2.24) is 24.6 Å². The SMILES string of the molecule is CC(C)c1cnn2c(N[C@H]3CCc4[nH]c5c(F)cccc5c4C3)cc(-c3cncc(F)c3)nc12.S. The number of aromatic nitrogens is 5. The molecule has 6 rings (SSSR count). The number of aromatic amines is 1. The lowest BCUT2D eigenvalue weighted by molar-refractivity contribution is 0.602. The Morgan fingerprint density at radius 3 is 2.80 bits per heavy atom. The highest BCUT2D eigenvalue weighted by molar-refractivity contribution is 7.59. The molecule has 1 aromatic carbocycles. The third-order valence-corrected chi connectivity index (χ3v) is 6.65. The number of hydrogen-bond acceptors (Lipinski definition) is 4. The summed E-state index contributed by atoms with van der Waals surface area (Å²) in [5.41, 5.74) is 5.84. The molecule has 0 spiro atoms. The normalized spacial score (nSPS) is 15.4. The van der Waals surface area contributed by atoms with Crippen molar-refractivity contribution in [1.29, 1.82) is 0 Å². The van der Waals surface area contributed by atoms with Gasteiger partial charge in [0, 0.05) is 40.5 Å². The predicted molar refractivity (Wildman–Crippen MR) is 138 cm³/mol. The van der Waals surface area contributed by atoms with E-state index >= 15 is 0 Å². The fraction of sp³-hybridized carbons (Fsp3) is 0.269. The molecular weight excluding hydrogens is 466 g/mol. The van der Waals surface area contributed by atoms with Crippen LogP contribution >= 0.6 is 13.5 Å². The van der Waals surface area contributed by atoms with Crippen molar-refractivity contribution in [2.24, 2.45) is 0 Å². The summed E-state index contributed by atoms with van der Waals surface area (Å²) >= 11 is 0. The van der Waals surface area contributed by atoms with Gasteiger partial charge in [-0.2, -0.15) is 23.1 Å². The summed E-state index contributed by atoms with van der Waals surface area (Å²) in [7, 11) is 0. The molecule has 180 valence electrons. The summed E-state index contributed by atoms with van der Waals surface area (Å²) < 4.78 is 30.0. The lowest BCUT2D eigenvalue weighted by Crippen LogP contribution is -2.28. The summed E-state index contributed by atoms with van der Waals surface area (Å²) in [6, 6.07) is 8.68. The number of H-pyrrole nitrogens is 1. The molecule has 5 aromatic rings. The standard InChI is InChI=1S/C26H24F2N6.H2S/c1-14(2)20-13-30-34-24(10-23(33-26(20)34)15-8-16(27)12-29-11-15)31-17-6-7-22-19(9-17)18-4-3-5-21(28)25(18)32-22;/h3-5,8,10-14,17,31-32H,6-7,9H2,1-2H3;1H2/t17-;/m0./s1. The van der Waals surface area contributed by atoms with Gasteiger partial charge in [-0.05, 0) is 42.9 Å². The number of nitrogens with zero attached hydrogens (tertiary/aromatic N) is 4. The molecule has 1 atom stereocenters. The van der Waals surface area contributed by atoms with Crippen molar-refractivity contribution < 1.29 is 8.78 Å². The Morgan fingerprint density at radius 1 is 1.14 bits per heavy atom. The minimum atomic E-state index is -0.405. The number of fused-ring (bicyclic) bond motifs is 4. The fourth-order valence-electron chi connectivity index (χ4n) is 4.93. The molecule has 0 saturated heterocycles. The van der Waals surface area contributed by atoms with Crippen LogP contribution in [0.1, 0.15) is 43.0 Å². The van der Waals surface area contributed by atoms with Gasteiger partial charge in [-0.25, -0.2) is 13.8 Å². The van der Waals surface area contributed by atoms with E-state index in [2.05, 4.69) is 34.2 Å². The molecule has 4 heterocycles. The van der Waals surface area contributed by atoms with Gasteiger partial charge in [-0.15, -0.1) is 0 Å². The molecular formula is C26H26F2N6S. The maximum Gasteiger partial charge on any atom is 0.161 e. The lowest BCUT2D eigenvalue weighted by Gasteiger charge is -2.25. The van der Waals surface area contributed by atoms with Crippen LogP contribution in [0.25, 0.3) is 27.8 Å². The number of para-hydroxylation sites is 1. The smallest absolute Gasteiger partial charge is 0.161 e. The zero-order valence-corrected chi connectivity index (χ0v) is 20.4. The summed E-state index contributed by atoms with van der Waals surface area (Å²) in [4.78, 5) is 12.1. The molecule has 2 N–H and O–H groups in total. The second-order valence-corrected chi connectivity index (χ2v) is 9.24. The highest BCUT2D eigenvalue weighted by Gasteiger charge is 2.25. The summed E-state index contributed by atoms with van der Waals surface area (Å²) in [6.07, 6.45) is 7.12. The Morgan fingerprint density at radius 2 is 2.00 bits per heavy atom. The zero-order chi connectivity index (χ0) is 23.4. The molecule has 4 aromatic heterocycles. The molecule has 0 bridgehead atoms. The molecule has 1 aliphatic rings. The zero-order valence-electron chi connectivity index (χ0n) is 19.4. The van der Waals surface area contributed by atoms with Crippen LogP contribution in [0.15, 0.2) is 48.9 Å². The Hall–Kier alpha value is -3.46. The number of nitrogens with one attached hydrogen (secondary N) is 2. The predicted octanol–water partition coefficient (Wildman–Crippen LogP) is 5.76. The van der Waals surface area contributed by atoms with E-state index in [9.17, 15) is 8.78 Å². The molecule has 0 radical (unpaired) electrons. The van der Waals surface area contributed by atoms with Gasteiger partial charge in [0.05, 0.1) is 23.6 Å². The minimum absolute atomic E-state index is 0. The number of anilines is 1. The van der Waals surface area contributed by atoms with Gasteiger partial charge >= 0.3 is 0 Å². The van der Waals surface area contributed by atoms with Crippen LogP contribution < -0.4 is 5.32 Å². The first-order valence-corrected chi connectivity index (χ1v) is 11.5. The summed E-state index contributed by atoms with van der Waals surface area (Å²) in [5, 5.41) is 9.19. The minimum Gasteiger partial charge on any atom is -0.367 e. The number of rotatable bonds is 4. The van der Waals surface area contributed by atoms with Crippen LogP contribution in [-0.2, 0) is 12.8 Å². The van der Waals surface area contributed by atoms with E-state index in [1.165, 1.54) is 18.3 Å². The first-order valence-electron chi connectivity index (χ1n) is 11.5. The quantitative estimate of drug-likeness (QED) is 0.335. The highest BCUT2D eigenvalue weighted by atomic mass is 32.1. The van der Waals surface area contributed by atoms with E-state index in [-0.39, 0.29) is 31.3 Å². The molecule has 6 nitrogen and oxygen atoms in total. The number of hydrogen-bond donors (Lipinski definition) is 2. The molecule has 0 saturated carbocycles. The van der Waals surface area contributed by atoms with E-state index in [1.54, 1.807) is 12.3 Å². The largest absolute Gasteiger partial charge is 0.367 e. The van der Waals surface area contributed by atoms with Crippen molar-refractivity contribution in [3.05, 3.63) is 77.4 Å². The lowest BCUT2D eigenvalue weighted by atomic mass is 9.91. The highest BCUT2D eigenvalue weighted by Crippen LogP contribution is 2.33. The van der Waals surface area contributed by atoms with Crippen molar-refractivity contribution in [3.63, 3.8) is 0 Å². The molecule has 35 heavy (non-hydrogen) atoms. The Bertz CT molecular complexity index is 1540. The van der Waals surface area contributed by atoms with Crippen LogP contribution in [0.5, 0.6) is 0 Å². The second kappa shape index (κ2) is 8.96. The molecule has 0 amide bonds. The van der Waals surface area contributed by atoms with Crippen LogP contribution in [0.3, 0.4) is 0 Å². The fourth-order valence-corrected chi connectivity index (χ4v) is 4.93. The first-order chi connectivity index (χ1) is 16.5. The van der Waals surface area contributed by atoms with Gasteiger partial charge in [0.1, 0.15) is 17.5 Å². The first kappa shape index (κ1) is 23.3. The average molecular weight is 493 g/mol. The third kappa shape index (κ3) is 4.03. The van der Waals surface area contributed by atoms with Crippen molar-refractivity contribution in [2.45, 2.75) is 45.1 Å². The van der Waals surface area contributed by atoms with Gasteiger partial charge in [0.15, 0.2) is 5.65 Å². The maximum absolute atomic E-state index is 14.3. The maximum atomic E-state index is 14.3. The van der Waals surface area contributed by atoms with E-state index in [0.717, 1.165) is 52.9 Å². The van der Waals surface area contributed by atoms with Gasteiger partial charge in [0.25, 0.3) is 0 Å². The molecule has 1 aliphatic carbocycles. The van der Waals surface area contributed by atoms with E-state index in [1.807, 2.05) is 22.8 Å². The van der Waals surface area contributed by atoms with Gasteiger partial charge in [0.2, 0.25) is 0 Å². The summed E-state index contributed by atoms with van der Waals surface area (Å²) in [6.45, 7) is 4.20. The van der Waals surface area contributed by atoms with Gasteiger partial charge < -0.3 is 10.3 Å². The number of aryl methyl sites for hydroxylation is 1. The van der Waals surface area contributed by atoms with Gasteiger partial charge in [-0.1, -0.05) is 26.0 Å². The van der Waals surface area contributed by atoms with Crippen LogP contribution in [-0.4, -0.2) is 30.6 Å². The van der Waals surface area contributed by atoms with Crippen LogP contribution in [0.2, 0.25) is 0 Å². The Kier molecular flexibility index (Phi) is 5.96. The van der Waals surface area contributed by atoms with Crippen LogP contribution in [0, 0.1) is 11.6 Å². The number of benzene rings is 1.